The van der Waals surface area contributed by atoms with Gasteiger partial charge in [-0.1, -0.05) is 12.1 Å². The van der Waals surface area contributed by atoms with Crippen LogP contribution in [0.2, 0.25) is 0 Å². The number of nitrogens with one attached hydrogen (secondary N) is 1. The molecule has 3 rings (SSSR count). The molecule has 1 heterocycles. The van der Waals surface area contributed by atoms with Gasteiger partial charge in [-0.3, -0.25) is 4.79 Å². The van der Waals surface area contributed by atoms with Crippen molar-refractivity contribution in [2.75, 3.05) is 36.9 Å². The van der Waals surface area contributed by atoms with Gasteiger partial charge in [-0.2, -0.15) is 5.26 Å². The monoisotopic (exact) mass is 382 g/mol. The zero-order valence-electron chi connectivity index (χ0n) is 16.0. The average molecular weight is 382 g/mol. The quantitative estimate of drug-likeness (QED) is 0.794. The van der Waals surface area contributed by atoms with Crippen molar-refractivity contribution in [2.24, 2.45) is 0 Å². The number of halogens is 1. The second kappa shape index (κ2) is 8.28. The number of ether oxygens (including phenoxy) is 1. The maximum atomic E-state index is 14.4. The Labute approximate surface area is 163 Å². The number of nitrogens with zero attached hydrogens (tertiary/aromatic N) is 2. The van der Waals surface area contributed by atoms with Crippen LogP contribution in [0, 0.1) is 24.1 Å². The normalized spacial score (nSPS) is 15.0. The van der Waals surface area contributed by atoms with E-state index in [1.54, 1.807) is 12.1 Å². The molecule has 1 atom stereocenters. The van der Waals surface area contributed by atoms with Crippen LogP contribution in [0.5, 0.6) is 0 Å². The summed E-state index contributed by atoms with van der Waals surface area (Å²) in [6.07, 6.45) is 0. The standard InChI is InChI=1S/C21H23FN4O2/c1-13-15(12-23)4-3-5-16(13)14(2)25-21(27)17-10-20(18(22)11-19(17)24)26-6-8-28-9-7-26/h3-5,10-11,14H,6-9,24H2,1-2H3,(H,25,27)/t14-/m1/s1. The van der Waals surface area contributed by atoms with Gasteiger partial charge in [-0.05, 0) is 43.2 Å². The highest BCUT2D eigenvalue weighted by Gasteiger charge is 2.21. The molecule has 1 fully saturated rings. The van der Waals surface area contributed by atoms with Crippen LogP contribution < -0.4 is 16.0 Å². The smallest absolute Gasteiger partial charge is 0.253 e. The Hall–Kier alpha value is -3.11. The fourth-order valence-corrected chi connectivity index (χ4v) is 3.42. The zero-order valence-corrected chi connectivity index (χ0v) is 16.0. The van der Waals surface area contributed by atoms with E-state index >= 15 is 0 Å². The summed E-state index contributed by atoms with van der Waals surface area (Å²) < 4.78 is 19.7. The molecule has 146 valence electrons. The van der Waals surface area contributed by atoms with Gasteiger partial charge in [-0.25, -0.2) is 4.39 Å². The molecule has 1 amide bonds. The number of carbonyl (C=O) groups is 1. The molecule has 0 aliphatic carbocycles. The number of hydrogen-bond acceptors (Lipinski definition) is 5. The first-order valence-electron chi connectivity index (χ1n) is 9.14. The lowest BCUT2D eigenvalue weighted by Crippen LogP contribution is -2.37. The SMILES string of the molecule is Cc1c(C#N)cccc1[C@@H](C)NC(=O)c1cc(N2CCOCC2)c(F)cc1N. The second-order valence-corrected chi connectivity index (χ2v) is 6.82. The van der Waals surface area contributed by atoms with Crippen LogP contribution in [0.1, 0.15) is 40.0 Å². The van der Waals surface area contributed by atoms with Crippen molar-refractivity contribution in [2.45, 2.75) is 19.9 Å². The minimum Gasteiger partial charge on any atom is -0.398 e. The number of morpholine rings is 1. The molecule has 2 aromatic carbocycles. The van der Waals surface area contributed by atoms with Crippen molar-refractivity contribution in [3.05, 3.63) is 58.4 Å². The van der Waals surface area contributed by atoms with Crippen molar-refractivity contribution in [3.63, 3.8) is 0 Å². The van der Waals surface area contributed by atoms with Crippen LogP contribution in [0.3, 0.4) is 0 Å². The molecule has 6 nitrogen and oxygen atoms in total. The molecule has 28 heavy (non-hydrogen) atoms. The predicted molar refractivity (Wildman–Crippen MR) is 106 cm³/mol. The zero-order chi connectivity index (χ0) is 20.3. The molecular weight excluding hydrogens is 359 g/mol. The molecular formula is C21H23FN4O2. The largest absolute Gasteiger partial charge is 0.398 e. The third kappa shape index (κ3) is 3.92. The molecule has 0 bridgehead atoms. The molecule has 0 spiro atoms. The van der Waals surface area contributed by atoms with E-state index in [4.69, 9.17) is 10.5 Å². The number of hydrogen-bond donors (Lipinski definition) is 2. The van der Waals surface area contributed by atoms with E-state index < -0.39 is 5.82 Å². The lowest BCUT2D eigenvalue weighted by atomic mass is 9.98. The van der Waals surface area contributed by atoms with E-state index in [0.717, 1.165) is 11.1 Å². The third-order valence-electron chi connectivity index (χ3n) is 5.03. The summed E-state index contributed by atoms with van der Waals surface area (Å²) in [6, 6.07) is 9.88. The Morgan fingerprint density at radius 3 is 2.75 bits per heavy atom. The van der Waals surface area contributed by atoms with Gasteiger partial charge in [0.2, 0.25) is 0 Å². The summed E-state index contributed by atoms with van der Waals surface area (Å²) in [6.45, 7) is 5.81. The molecule has 0 unspecified atom stereocenters. The summed E-state index contributed by atoms with van der Waals surface area (Å²) in [5.41, 5.74) is 8.81. The lowest BCUT2D eigenvalue weighted by molar-refractivity contribution is 0.0940. The van der Waals surface area contributed by atoms with Crippen molar-refractivity contribution in [1.29, 1.82) is 5.26 Å². The molecule has 0 saturated carbocycles. The van der Waals surface area contributed by atoms with E-state index in [0.29, 0.717) is 37.6 Å². The minimum atomic E-state index is -0.457. The van der Waals surface area contributed by atoms with E-state index in [9.17, 15) is 14.4 Å². The highest BCUT2D eigenvalue weighted by atomic mass is 19.1. The Bertz CT molecular complexity index is 933. The molecule has 1 aliphatic rings. The molecule has 7 heteroatoms. The van der Waals surface area contributed by atoms with Crippen molar-refractivity contribution >= 4 is 17.3 Å². The van der Waals surface area contributed by atoms with Crippen molar-refractivity contribution in [3.8, 4) is 6.07 Å². The second-order valence-electron chi connectivity index (χ2n) is 6.82. The summed E-state index contributed by atoms with van der Waals surface area (Å²) in [5, 5.41) is 12.1. The summed E-state index contributed by atoms with van der Waals surface area (Å²) >= 11 is 0. The lowest BCUT2D eigenvalue weighted by Gasteiger charge is -2.29. The topological polar surface area (TPSA) is 91.4 Å². The van der Waals surface area contributed by atoms with E-state index in [1.807, 2.05) is 24.8 Å². The minimum absolute atomic E-state index is 0.0849. The first-order chi connectivity index (χ1) is 13.4. The first kappa shape index (κ1) is 19.6. The van der Waals surface area contributed by atoms with Crippen LogP contribution in [0.25, 0.3) is 0 Å². The number of rotatable bonds is 4. The van der Waals surface area contributed by atoms with Crippen LogP contribution in [0.15, 0.2) is 30.3 Å². The maximum Gasteiger partial charge on any atom is 0.253 e. The van der Waals surface area contributed by atoms with Crippen LogP contribution in [-0.2, 0) is 4.74 Å². The maximum absolute atomic E-state index is 14.4. The van der Waals surface area contributed by atoms with Crippen LogP contribution in [0.4, 0.5) is 15.8 Å². The fourth-order valence-electron chi connectivity index (χ4n) is 3.42. The predicted octanol–water partition coefficient (Wildman–Crippen LogP) is 2.92. The molecule has 0 aromatic heterocycles. The van der Waals surface area contributed by atoms with Gasteiger partial charge in [0.05, 0.1) is 42.1 Å². The number of nitrogens with two attached hydrogens (primary N) is 1. The number of nitrogen functional groups attached to an aromatic ring is 1. The van der Waals surface area contributed by atoms with Crippen LogP contribution in [-0.4, -0.2) is 32.2 Å². The van der Waals surface area contributed by atoms with Gasteiger partial charge >= 0.3 is 0 Å². The Kier molecular flexibility index (Phi) is 5.81. The molecule has 3 N–H and O–H groups in total. The highest BCUT2D eigenvalue weighted by Crippen LogP contribution is 2.27. The van der Waals surface area contributed by atoms with Crippen molar-refractivity contribution in [1.82, 2.24) is 5.32 Å². The molecule has 1 saturated heterocycles. The number of anilines is 2. The van der Waals surface area contributed by atoms with Crippen molar-refractivity contribution < 1.29 is 13.9 Å². The molecule has 2 aromatic rings. The first-order valence-corrected chi connectivity index (χ1v) is 9.14. The Morgan fingerprint density at radius 1 is 1.36 bits per heavy atom. The number of carbonyl (C=O) groups excluding carboxylic acids is 1. The van der Waals surface area contributed by atoms with E-state index in [2.05, 4.69) is 11.4 Å². The summed E-state index contributed by atoms with van der Waals surface area (Å²) in [5.74, 6) is -0.845. The Balaban J connectivity index is 1.85. The highest BCUT2D eigenvalue weighted by molar-refractivity contribution is 6.00. The average Bonchev–Trinajstić information content (AvgIpc) is 2.68. The van der Waals surface area contributed by atoms with Crippen LogP contribution >= 0.6 is 0 Å². The third-order valence-corrected chi connectivity index (χ3v) is 5.03. The summed E-state index contributed by atoms with van der Waals surface area (Å²) in [4.78, 5) is 14.7. The van der Waals surface area contributed by atoms with Gasteiger partial charge in [0.1, 0.15) is 5.82 Å². The number of benzene rings is 2. The van der Waals surface area contributed by atoms with E-state index in [1.165, 1.54) is 12.1 Å². The van der Waals surface area contributed by atoms with Gasteiger partial charge in [0, 0.05) is 18.8 Å². The van der Waals surface area contributed by atoms with Gasteiger partial charge in [-0.15, -0.1) is 0 Å². The fraction of sp³-hybridized carbons (Fsp3) is 0.333. The molecule has 0 radical (unpaired) electrons. The van der Waals surface area contributed by atoms with Gasteiger partial charge in [0.25, 0.3) is 5.91 Å². The number of nitriles is 1. The van der Waals surface area contributed by atoms with Gasteiger partial charge in [0.15, 0.2) is 0 Å². The number of amides is 1. The van der Waals surface area contributed by atoms with E-state index in [-0.39, 0.29) is 23.2 Å². The molecule has 1 aliphatic heterocycles. The Morgan fingerprint density at radius 2 is 2.07 bits per heavy atom. The van der Waals surface area contributed by atoms with Gasteiger partial charge < -0.3 is 20.7 Å². The summed E-state index contributed by atoms with van der Waals surface area (Å²) in [7, 11) is 0.